The molecule has 0 spiro atoms. The van der Waals surface area contributed by atoms with Crippen LogP contribution in [0.4, 0.5) is 0 Å². The third kappa shape index (κ3) is 5.30. The molecule has 0 aromatic carbocycles. The number of thiophene rings is 1. The molecule has 0 fully saturated rings. The van der Waals surface area contributed by atoms with Gasteiger partial charge in [-0.3, -0.25) is 4.79 Å². The van der Waals surface area contributed by atoms with E-state index in [0.29, 0.717) is 19.0 Å². The Morgan fingerprint density at radius 1 is 1.47 bits per heavy atom. The van der Waals surface area contributed by atoms with Gasteiger partial charge in [0.15, 0.2) is 5.96 Å². The quantitative estimate of drug-likeness (QED) is 0.544. The standard InChI is InChI=1S/C13H22N4OS/c1-4-15-12(16-7-10-5-6-19-8-10)17-9-13(2,3)11(14)18/h5-6,8H,4,7,9H2,1-3H3,(H2,14,18)(H2,15,16,17). The van der Waals surface area contributed by atoms with Crippen molar-refractivity contribution in [1.82, 2.24) is 10.6 Å². The van der Waals surface area contributed by atoms with Crippen molar-refractivity contribution in [3.8, 4) is 0 Å². The van der Waals surface area contributed by atoms with Gasteiger partial charge in [-0.25, -0.2) is 4.99 Å². The highest BCUT2D eigenvalue weighted by molar-refractivity contribution is 7.07. The minimum Gasteiger partial charge on any atom is -0.369 e. The SMILES string of the molecule is CCNC(=NCc1ccsc1)NCC(C)(C)C(N)=O. The number of primary amides is 1. The summed E-state index contributed by atoms with van der Waals surface area (Å²) in [6, 6.07) is 2.05. The minimum absolute atomic E-state index is 0.325. The van der Waals surface area contributed by atoms with Gasteiger partial charge in [0.1, 0.15) is 0 Å². The van der Waals surface area contributed by atoms with Crippen LogP contribution in [0.1, 0.15) is 26.3 Å². The number of carbonyl (C=O) groups is 1. The lowest BCUT2D eigenvalue weighted by molar-refractivity contribution is -0.125. The molecule has 0 aliphatic heterocycles. The maximum Gasteiger partial charge on any atom is 0.224 e. The molecule has 0 saturated carbocycles. The summed E-state index contributed by atoms with van der Waals surface area (Å²) in [5.74, 6) is 0.372. The van der Waals surface area contributed by atoms with Crippen molar-refractivity contribution in [2.45, 2.75) is 27.3 Å². The van der Waals surface area contributed by atoms with E-state index in [9.17, 15) is 4.79 Å². The monoisotopic (exact) mass is 282 g/mol. The summed E-state index contributed by atoms with van der Waals surface area (Å²) in [6.45, 7) is 7.47. The summed E-state index contributed by atoms with van der Waals surface area (Å²) in [5.41, 5.74) is 5.92. The zero-order chi connectivity index (χ0) is 14.3. The van der Waals surface area contributed by atoms with Crippen LogP contribution in [0, 0.1) is 5.41 Å². The largest absolute Gasteiger partial charge is 0.369 e. The number of rotatable bonds is 6. The summed E-state index contributed by atoms with van der Waals surface area (Å²) >= 11 is 1.65. The normalized spacial score (nSPS) is 12.3. The molecule has 0 unspecified atom stereocenters. The lowest BCUT2D eigenvalue weighted by Crippen LogP contribution is -2.46. The summed E-state index contributed by atoms with van der Waals surface area (Å²) in [5, 5.41) is 10.4. The van der Waals surface area contributed by atoms with E-state index in [0.717, 1.165) is 6.54 Å². The first-order valence-electron chi connectivity index (χ1n) is 6.29. The van der Waals surface area contributed by atoms with Crippen molar-refractivity contribution in [3.05, 3.63) is 22.4 Å². The van der Waals surface area contributed by atoms with Gasteiger partial charge < -0.3 is 16.4 Å². The molecular weight excluding hydrogens is 260 g/mol. The number of carbonyl (C=O) groups excluding carboxylic acids is 1. The van der Waals surface area contributed by atoms with Crippen LogP contribution >= 0.6 is 11.3 Å². The first-order chi connectivity index (χ1) is 8.95. The zero-order valence-corrected chi connectivity index (χ0v) is 12.5. The van der Waals surface area contributed by atoms with Gasteiger partial charge in [0.2, 0.25) is 5.91 Å². The van der Waals surface area contributed by atoms with E-state index in [4.69, 9.17) is 5.73 Å². The number of nitrogens with two attached hydrogens (primary N) is 1. The lowest BCUT2D eigenvalue weighted by atomic mass is 9.93. The predicted molar refractivity (Wildman–Crippen MR) is 80.1 cm³/mol. The third-order valence-corrected chi connectivity index (χ3v) is 3.44. The Morgan fingerprint density at radius 2 is 2.21 bits per heavy atom. The van der Waals surface area contributed by atoms with Crippen molar-refractivity contribution in [3.63, 3.8) is 0 Å². The van der Waals surface area contributed by atoms with Crippen LogP contribution in [0.2, 0.25) is 0 Å². The predicted octanol–water partition coefficient (Wildman–Crippen LogP) is 1.31. The zero-order valence-electron chi connectivity index (χ0n) is 11.7. The Morgan fingerprint density at radius 3 is 2.74 bits per heavy atom. The highest BCUT2D eigenvalue weighted by atomic mass is 32.1. The molecular formula is C13H22N4OS. The van der Waals surface area contributed by atoms with Crippen LogP contribution in [0.3, 0.4) is 0 Å². The molecule has 1 aromatic heterocycles. The highest BCUT2D eigenvalue weighted by Gasteiger charge is 2.24. The summed E-state index contributed by atoms with van der Waals surface area (Å²) < 4.78 is 0. The number of hydrogen-bond donors (Lipinski definition) is 3. The second-order valence-electron chi connectivity index (χ2n) is 4.93. The van der Waals surface area contributed by atoms with E-state index < -0.39 is 5.41 Å². The maximum atomic E-state index is 11.3. The molecule has 0 atom stereocenters. The summed E-state index contributed by atoms with van der Waals surface area (Å²) in [7, 11) is 0. The molecule has 1 rings (SSSR count). The number of guanidine groups is 1. The van der Waals surface area contributed by atoms with Crippen molar-refractivity contribution < 1.29 is 4.79 Å². The fourth-order valence-corrected chi connectivity index (χ4v) is 1.95. The van der Waals surface area contributed by atoms with Crippen LogP contribution < -0.4 is 16.4 Å². The Kier molecular flexibility index (Phi) is 5.82. The van der Waals surface area contributed by atoms with Crippen LogP contribution in [-0.4, -0.2) is 25.0 Å². The lowest BCUT2D eigenvalue weighted by Gasteiger charge is -2.22. The van der Waals surface area contributed by atoms with Crippen molar-refractivity contribution in [2.75, 3.05) is 13.1 Å². The molecule has 1 amide bonds. The van der Waals surface area contributed by atoms with E-state index in [1.54, 1.807) is 11.3 Å². The van der Waals surface area contributed by atoms with E-state index in [1.807, 2.05) is 32.2 Å². The molecule has 0 radical (unpaired) electrons. The molecule has 1 heterocycles. The van der Waals surface area contributed by atoms with Gasteiger partial charge in [-0.05, 0) is 43.2 Å². The highest BCUT2D eigenvalue weighted by Crippen LogP contribution is 2.11. The van der Waals surface area contributed by atoms with Gasteiger partial charge in [0.25, 0.3) is 0 Å². The second-order valence-corrected chi connectivity index (χ2v) is 5.71. The average molecular weight is 282 g/mol. The minimum atomic E-state index is -0.599. The van der Waals surface area contributed by atoms with E-state index in [2.05, 4.69) is 21.0 Å². The topological polar surface area (TPSA) is 79.5 Å². The summed E-state index contributed by atoms with van der Waals surface area (Å²) in [4.78, 5) is 15.7. The first kappa shape index (κ1) is 15.5. The van der Waals surface area contributed by atoms with Crippen LogP contribution in [-0.2, 0) is 11.3 Å². The third-order valence-electron chi connectivity index (χ3n) is 2.71. The molecule has 0 bridgehead atoms. The van der Waals surface area contributed by atoms with Gasteiger partial charge in [-0.15, -0.1) is 0 Å². The van der Waals surface area contributed by atoms with Gasteiger partial charge in [0, 0.05) is 13.1 Å². The average Bonchev–Trinajstić information content (AvgIpc) is 2.85. The fourth-order valence-electron chi connectivity index (χ4n) is 1.29. The van der Waals surface area contributed by atoms with E-state index >= 15 is 0 Å². The molecule has 106 valence electrons. The van der Waals surface area contributed by atoms with Gasteiger partial charge in [-0.2, -0.15) is 11.3 Å². The molecule has 0 aliphatic carbocycles. The number of amides is 1. The molecule has 19 heavy (non-hydrogen) atoms. The molecule has 6 heteroatoms. The van der Waals surface area contributed by atoms with Gasteiger partial charge >= 0.3 is 0 Å². The first-order valence-corrected chi connectivity index (χ1v) is 7.23. The number of nitrogens with zero attached hydrogens (tertiary/aromatic N) is 1. The number of hydrogen-bond acceptors (Lipinski definition) is 3. The van der Waals surface area contributed by atoms with E-state index in [1.165, 1.54) is 5.56 Å². The van der Waals surface area contributed by atoms with E-state index in [-0.39, 0.29) is 5.91 Å². The van der Waals surface area contributed by atoms with Crippen LogP contribution in [0.15, 0.2) is 21.8 Å². The molecule has 1 aromatic rings. The molecule has 0 aliphatic rings. The number of nitrogens with one attached hydrogen (secondary N) is 2. The van der Waals surface area contributed by atoms with Crippen molar-refractivity contribution in [2.24, 2.45) is 16.1 Å². The smallest absolute Gasteiger partial charge is 0.224 e. The molecule has 4 N–H and O–H groups in total. The van der Waals surface area contributed by atoms with Crippen LogP contribution in [0.25, 0.3) is 0 Å². The van der Waals surface area contributed by atoms with Crippen LogP contribution in [0.5, 0.6) is 0 Å². The molecule has 0 saturated heterocycles. The van der Waals surface area contributed by atoms with Crippen molar-refractivity contribution in [1.29, 1.82) is 0 Å². The summed E-state index contributed by atoms with van der Waals surface area (Å²) in [6.07, 6.45) is 0. The Bertz CT molecular complexity index is 426. The Labute approximate surface area is 118 Å². The Hall–Kier alpha value is -1.56. The fraction of sp³-hybridized carbons (Fsp3) is 0.538. The molecule has 5 nitrogen and oxygen atoms in total. The van der Waals surface area contributed by atoms with Crippen molar-refractivity contribution >= 4 is 23.2 Å². The van der Waals surface area contributed by atoms with Gasteiger partial charge in [-0.1, -0.05) is 0 Å². The number of aliphatic imine (C=N–C) groups is 1. The van der Waals surface area contributed by atoms with Gasteiger partial charge in [0.05, 0.1) is 12.0 Å². The Balaban J connectivity index is 2.57. The maximum absolute atomic E-state index is 11.3. The second kappa shape index (κ2) is 7.13.